The number of allylic oxidation sites excluding steroid dienone is 2. The van der Waals surface area contributed by atoms with Gasteiger partial charge in [-0.1, -0.05) is 31.9 Å². The molecule has 0 fully saturated rings. The van der Waals surface area contributed by atoms with Crippen molar-refractivity contribution in [3.63, 3.8) is 0 Å². The zero-order valence-electron chi connectivity index (χ0n) is 11.0. The summed E-state index contributed by atoms with van der Waals surface area (Å²) < 4.78 is 21.1. The van der Waals surface area contributed by atoms with Gasteiger partial charge in [-0.05, 0) is 12.8 Å². The van der Waals surface area contributed by atoms with Crippen molar-refractivity contribution in [1.29, 1.82) is 0 Å². The summed E-state index contributed by atoms with van der Waals surface area (Å²) in [4.78, 5) is 11.5. The monoisotopic (exact) mass is 262 g/mol. The smallest absolute Gasteiger partial charge is 0.312 e. The second-order valence-electron chi connectivity index (χ2n) is 3.84. The van der Waals surface area contributed by atoms with Crippen LogP contribution in [0.25, 0.3) is 0 Å². The fourth-order valence-corrected chi connectivity index (χ4v) is 2.30. The highest BCUT2D eigenvalue weighted by Gasteiger charge is 2.24. The molecule has 0 heterocycles. The summed E-state index contributed by atoms with van der Waals surface area (Å²) in [6, 6.07) is 0. The van der Waals surface area contributed by atoms with E-state index in [-0.39, 0.29) is 11.9 Å². The molecule has 0 aliphatic rings. The maximum absolute atomic E-state index is 11.6. The molecule has 0 amide bonds. The Labute approximate surface area is 104 Å². The minimum atomic E-state index is -3.19. The Morgan fingerprint density at radius 2 is 1.82 bits per heavy atom. The predicted molar refractivity (Wildman–Crippen MR) is 69.4 cm³/mol. The number of ketones is 1. The van der Waals surface area contributed by atoms with Crippen molar-refractivity contribution in [2.75, 3.05) is 20.4 Å². The molecule has 0 saturated carbocycles. The molecular formula is C12H23O4P. The second-order valence-corrected chi connectivity index (χ2v) is 6.11. The summed E-state index contributed by atoms with van der Waals surface area (Å²) in [5.41, 5.74) is 0. The Hall–Kier alpha value is -0.440. The molecule has 0 aromatic carbocycles. The van der Waals surface area contributed by atoms with E-state index in [4.69, 9.17) is 9.05 Å². The molecule has 0 aliphatic heterocycles. The highest BCUT2D eigenvalue weighted by Crippen LogP contribution is 2.46. The van der Waals surface area contributed by atoms with Gasteiger partial charge < -0.3 is 9.05 Å². The summed E-state index contributed by atoms with van der Waals surface area (Å²) >= 11 is 0. The first kappa shape index (κ1) is 16.6. The fraction of sp³-hybridized carbons (Fsp3) is 0.750. The summed E-state index contributed by atoms with van der Waals surface area (Å²) in [6.45, 7) is 2.15. The maximum atomic E-state index is 11.6. The van der Waals surface area contributed by atoms with Gasteiger partial charge in [-0.25, -0.2) is 0 Å². The molecule has 100 valence electrons. The van der Waals surface area contributed by atoms with Crippen LogP contribution in [0.15, 0.2) is 12.2 Å². The van der Waals surface area contributed by atoms with Crippen LogP contribution in [0.1, 0.15) is 39.0 Å². The first-order valence-corrected chi connectivity index (χ1v) is 7.68. The molecule has 17 heavy (non-hydrogen) atoms. The molecule has 0 aliphatic carbocycles. The Morgan fingerprint density at radius 3 is 2.35 bits per heavy atom. The van der Waals surface area contributed by atoms with E-state index in [9.17, 15) is 9.36 Å². The van der Waals surface area contributed by atoms with Crippen molar-refractivity contribution in [1.82, 2.24) is 0 Å². The lowest BCUT2D eigenvalue weighted by atomic mass is 10.2. The van der Waals surface area contributed by atoms with Crippen molar-refractivity contribution < 1.29 is 18.4 Å². The van der Waals surface area contributed by atoms with Crippen molar-refractivity contribution in [3.05, 3.63) is 12.2 Å². The standard InChI is InChI=1S/C12H23O4P/c1-4-5-6-7-8-9-10-12(13)11-17(14,15-2)16-3/h8-9H,4-7,10-11H2,1-3H3/b9-8-. The summed E-state index contributed by atoms with van der Waals surface area (Å²) in [6.07, 6.45) is 8.51. The molecule has 0 atom stereocenters. The molecule has 0 N–H and O–H groups in total. The van der Waals surface area contributed by atoms with Gasteiger partial charge in [0.25, 0.3) is 0 Å². The van der Waals surface area contributed by atoms with Crippen molar-refractivity contribution in [2.45, 2.75) is 39.0 Å². The normalized spacial score (nSPS) is 12.2. The molecule has 0 aromatic rings. The van der Waals surface area contributed by atoms with Crippen LogP contribution in [-0.2, 0) is 18.4 Å². The van der Waals surface area contributed by atoms with Crippen LogP contribution in [0, 0.1) is 0 Å². The van der Waals surface area contributed by atoms with Crippen molar-refractivity contribution >= 4 is 13.4 Å². The van der Waals surface area contributed by atoms with E-state index >= 15 is 0 Å². The van der Waals surface area contributed by atoms with E-state index < -0.39 is 7.60 Å². The zero-order chi connectivity index (χ0) is 13.1. The van der Waals surface area contributed by atoms with E-state index in [0.717, 1.165) is 12.8 Å². The Bertz CT molecular complexity index is 278. The number of hydrogen-bond donors (Lipinski definition) is 0. The molecular weight excluding hydrogens is 239 g/mol. The van der Waals surface area contributed by atoms with Crippen LogP contribution in [0.3, 0.4) is 0 Å². The van der Waals surface area contributed by atoms with Crippen molar-refractivity contribution in [2.24, 2.45) is 0 Å². The Balaban J connectivity index is 3.83. The van der Waals surface area contributed by atoms with E-state index in [1.807, 2.05) is 12.2 Å². The molecule has 0 aromatic heterocycles. The highest BCUT2D eigenvalue weighted by molar-refractivity contribution is 7.54. The zero-order valence-corrected chi connectivity index (χ0v) is 11.9. The first-order chi connectivity index (χ1) is 8.08. The molecule has 0 radical (unpaired) electrons. The second kappa shape index (κ2) is 9.58. The minimum Gasteiger partial charge on any atom is -0.312 e. The number of hydrogen-bond acceptors (Lipinski definition) is 4. The summed E-state index contributed by atoms with van der Waals surface area (Å²) in [5.74, 6) is -0.122. The number of Topliss-reactive ketones (excluding diaryl/α,β-unsaturated/α-hetero) is 1. The number of rotatable bonds is 10. The molecule has 0 bridgehead atoms. The predicted octanol–water partition coefficient (Wildman–Crippen LogP) is 3.57. The lowest BCUT2D eigenvalue weighted by Crippen LogP contribution is -2.06. The summed E-state index contributed by atoms with van der Waals surface area (Å²) in [7, 11) is -0.607. The fourth-order valence-electron chi connectivity index (χ4n) is 1.33. The van der Waals surface area contributed by atoms with Crippen molar-refractivity contribution in [3.8, 4) is 0 Å². The van der Waals surface area contributed by atoms with Gasteiger partial charge in [0, 0.05) is 20.6 Å². The third kappa shape index (κ3) is 8.31. The van der Waals surface area contributed by atoms with Gasteiger partial charge in [0.1, 0.15) is 11.9 Å². The third-order valence-electron chi connectivity index (χ3n) is 2.41. The number of carbonyl (C=O) groups is 1. The van der Waals surface area contributed by atoms with Gasteiger partial charge in [0.2, 0.25) is 0 Å². The lowest BCUT2D eigenvalue weighted by molar-refractivity contribution is -0.116. The lowest BCUT2D eigenvalue weighted by Gasteiger charge is -2.11. The van der Waals surface area contributed by atoms with Crippen LogP contribution < -0.4 is 0 Å². The average molecular weight is 262 g/mol. The highest BCUT2D eigenvalue weighted by atomic mass is 31.2. The Kier molecular flexibility index (Phi) is 9.33. The maximum Gasteiger partial charge on any atom is 0.337 e. The van der Waals surface area contributed by atoms with Crippen LogP contribution in [-0.4, -0.2) is 26.2 Å². The molecule has 0 unspecified atom stereocenters. The SMILES string of the molecule is CCCCC/C=C\CC(=O)CP(=O)(OC)OC. The van der Waals surface area contributed by atoms with E-state index in [1.54, 1.807) is 0 Å². The van der Waals surface area contributed by atoms with E-state index in [2.05, 4.69) is 6.92 Å². The van der Waals surface area contributed by atoms with Gasteiger partial charge in [-0.2, -0.15) is 0 Å². The Morgan fingerprint density at radius 1 is 1.18 bits per heavy atom. The quantitative estimate of drug-likeness (QED) is 0.343. The molecule has 0 saturated heterocycles. The van der Waals surface area contributed by atoms with E-state index in [0.29, 0.717) is 6.42 Å². The third-order valence-corrected chi connectivity index (χ3v) is 4.27. The topological polar surface area (TPSA) is 52.6 Å². The largest absolute Gasteiger partial charge is 0.337 e. The van der Waals surface area contributed by atoms with Crippen LogP contribution in [0.5, 0.6) is 0 Å². The summed E-state index contributed by atoms with van der Waals surface area (Å²) in [5, 5.41) is 0. The van der Waals surface area contributed by atoms with Crippen LogP contribution in [0.2, 0.25) is 0 Å². The molecule has 4 nitrogen and oxygen atoms in total. The number of carbonyl (C=O) groups excluding carboxylic acids is 1. The van der Waals surface area contributed by atoms with Crippen LogP contribution in [0.4, 0.5) is 0 Å². The van der Waals surface area contributed by atoms with Gasteiger partial charge in [0.05, 0.1) is 0 Å². The van der Waals surface area contributed by atoms with Gasteiger partial charge in [-0.3, -0.25) is 9.36 Å². The average Bonchev–Trinajstić information content (AvgIpc) is 2.33. The van der Waals surface area contributed by atoms with E-state index in [1.165, 1.54) is 27.1 Å². The first-order valence-electron chi connectivity index (χ1n) is 5.95. The molecule has 5 heteroatoms. The number of unbranched alkanes of at least 4 members (excludes halogenated alkanes) is 3. The molecule has 0 spiro atoms. The van der Waals surface area contributed by atoms with Gasteiger partial charge in [-0.15, -0.1) is 0 Å². The molecule has 0 rings (SSSR count). The van der Waals surface area contributed by atoms with Gasteiger partial charge >= 0.3 is 7.60 Å². The van der Waals surface area contributed by atoms with Crippen LogP contribution >= 0.6 is 7.60 Å². The van der Waals surface area contributed by atoms with Gasteiger partial charge in [0.15, 0.2) is 0 Å². The minimum absolute atomic E-state index is 0.122.